The molecule has 0 saturated heterocycles. The van der Waals surface area contributed by atoms with Crippen LogP contribution in [0.25, 0.3) is 93.6 Å². The minimum Gasteiger partial charge on any atom is -0.456 e. The van der Waals surface area contributed by atoms with Gasteiger partial charge in [0.15, 0.2) is 0 Å². The Bertz CT molecular complexity index is 2770. The van der Waals surface area contributed by atoms with Gasteiger partial charge in [0, 0.05) is 10.8 Å². The molecule has 1 aromatic heterocycles. The van der Waals surface area contributed by atoms with Gasteiger partial charge in [0.1, 0.15) is 11.2 Å². The molecule has 1 heterocycles. The quantitative estimate of drug-likeness (QED) is 0.169. The van der Waals surface area contributed by atoms with Crippen LogP contribution in [0.5, 0.6) is 0 Å². The number of fused-ring (bicyclic) bond motifs is 5. The summed E-state index contributed by atoms with van der Waals surface area (Å²) in [4.78, 5) is 0. The van der Waals surface area contributed by atoms with Crippen molar-refractivity contribution in [3.63, 3.8) is 0 Å². The van der Waals surface area contributed by atoms with Crippen molar-refractivity contribution in [3.8, 4) is 44.5 Å². The van der Waals surface area contributed by atoms with Gasteiger partial charge in [-0.05, 0) is 114 Å². The molecule has 0 atom stereocenters. The molecular formula is C50H34O. The molecule has 0 saturated carbocycles. The molecule has 0 N–H and O–H groups in total. The summed E-state index contributed by atoms with van der Waals surface area (Å²) in [5, 5.41) is 7.28. The second-order valence-electron chi connectivity index (χ2n) is 13.5. The summed E-state index contributed by atoms with van der Waals surface area (Å²) in [6.45, 7) is 0. The highest BCUT2D eigenvalue weighted by Gasteiger charge is 2.18. The van der Waals surface area contributed by atoms with Crippen LogP contribution in [-0.2, 0) is 0 Å². The van der Waals surface area contributed by atoms with Crippen molar-refractivity contribution in [3.05, 3.63) is 188 Å². The first-order chi connectivity index (χ1) is 25.3. The number of allylic oxidation sites excluding steroid dienone is 4. The van der Waals surface area contributed by atoms with E-state index in [1.807, 2.05) is 0 Å². The lowest BCUT2D eigenvalue weighted by atomic mass is 9.86. The average molecular weight is 651 g/mol. The molecule has 0 amide bonds. The summed E-state index contributed by atoms with van der Waals surface area (Å²) in [5.41, 5.74) is 14.2. The van der Waals surface area contributed by atoms with E-state index in [4.69, 9.17) is 4.42 Å². The molecule has 1 aliphatic rings. The normalized spacial score (nSPS) is 13.0. The fourth-order valence-electron chi connectivity index (χ4n) is 8.15. The fourth-order valence-corrected chi connectivity index (χ4v) is 8.15. The molecule has 0 radical (unpaired) electrons. The molecule has 0 fully saturated rings. The number of hydrogen-bond acceptors (Lipinski definition) is 1. The number of rotatable bonds is 5. The Morgan fingerprint density at radius 3 is 1.61 bits per heavy atom. The van der Waals surface area contributed by atoms with Gasteiger partial charge in [-0.3, -0.25) is 0 Å². The second-order valence-corrected chi connectivity index (χ2v) is 13.5. The molecule has 0 unspecified atom stereocenters. The van der Waals surface area contributed by atoms with Crippen LogP contribution < -0.4 is 0 Å². The maximum Gasteiger partial charge on any atom is 0.136 e. The third kappa shape index (κ3) is 5.01. The summed E-state index contributed by atoms with van der Waals surface area (Å²) >= 11 is 0. The second kappa shape index (κ2) is 12.2. The van der Waals surface area contributed by atoms with Crippen molar-refractivity contribution in [1.29, 1.82) is 0 Å². The molecule has 1 aliphatic carbocycles. The van der Waals surface area contributed by atoms with Crippen LogP contribution in [-0.4, -0.2) is 0 Å². The van der Waals surface area contributed by atoms with Crippen LogP contribution in [0.4, 0.5) is 0 Å². The molecule has 51 heavy (non-hydrogen) atoms. The Morgan fingerprint density at radius 1 is 0.373 bits per heavy atom. The van der Waals surface area contributed by atoms with E-state index in [0.29, 0.717) is 0 Å². The first kappa shape index (κ1) is 29.5. The van der Waals surface area contributed by atoms with Gasteiger partial charge >= 0.3 is 0 Å². The van der Waals surface area contributed by atoms with E-state index in [9.17, 15) is 0 Å². The highest BCUT2D eigenvalue weighted by Crippen LogP contribution is 2.45. The lowest BCUT2D eigenvalue weighted by Crippen LogP contribution is -1.90. The van der Waals surface area contributed by atoms with Crippen LogP contribution in [0.3, 0.4) is 0 Å². The monoisotopic (exact) mass is 650 g/mol. The molecule has 9 aromatic rings. The minimum absolute atomic E-state index is 0.899. The van der Waals surface area contributed by atoms with Crippen molar-refractivity contribution >= 4 is 49.1 Å². The van der Waals surface area contributed by atoms with E-state index in [0.717, 1.165) is 40.3 Å². The van der Waals surface area contributed by atoms with Crippen LogP contribution in [0.2, 0.25) is 0 Å². The Morgan fingerprint density at radius 2 is 0.941 bits per heavy atom. The SMILES string of the molecule is C1=CCCC(c2ccc(-c3ccccc3-c3ccc4c(c3)oc3ccc(-c5c6ccccc6c(-c6ccccc6)c6ccccc56)cc34)cc2)=C1. The van der Waals surface area contributed by atoms with Gasteiger partial charge in [-0.15, -0.1) is 0 Å². The number of furan rings is 1. The minimum atomic E-state index is 0.899. The molecule has 10 rings (SSSR count). The smallest absolute Gasteiger partial charge is 0.136 e. The van der Waals surface area contributed by atoms with Crippen molar-refractivity contribution in [2.75, 3.05) is 0 Å². The van der Waals surface area contributed by atoms with Gasteiger partial charge < -0.3 is 4.42 Å². The van der Waals surface area contributed by atoms with E-state index < -0.39 is 0 Å². The topological polar surface area (TPSA) is 13.1 Å². The number of benzene rings is 8. The molecule has 1 nitrogen and oxygen atoms in total. The van der Waals surface area contributed by atoms with Gasteiger partial charge in [-0.1, -0.05) is 158 Å². The molecule has 8 aromatic carbocycles. The van der Waals surface area contributed by atoms with E-state index in [2.05, 4.69) is 182 Å². The van der Waals surface area contributed by atoms with E-state index in [1.165, 1.54) is 71.6 Å². The zero-order chi connectivity index (χ0) is 33.7. The summed E-state index contributed by atoms with van der Waals surface area (Å²) in [6, 6.07) is 59.5. The van der Waals surface area contributed by atoms with Crippen LogP contribution in [0.1, 0.15) is 18.4 Å². The zero-order valence-electron chi connectivity index (χ0n) is 28.1. The average Bonchev–Trinajstić information content (AvgIpc) is 3.58. The van der Waals surface area contributed by atoms with Crippen molar-refractivity contribution in [2.24, 2.45) is 0 Å². The van der Waals surface area contributed by atoms with E-state index in [1.54, 1.807) is 0 Å². The van der Waals surface area contributed by atoms with Gasteiger partial charge in [-0.25, -0.2) is 0 Å². The van der Waals surface area contributed by atoms with Crippen LogP contribution in [0, 0.1) is 0 Å². The molecular weight excluding hydrogens is 617 g/mol. The maximum absolute atomic E-state index is 6.57. The van der Waals surface area contributed by atoms with Gasteiger partial charge in [0.05, 0.1) is 0 Å². The summed E-state index contributed by atoms with van der Waals surface area (Å²) in [6.07, 6.45) is 8.85. The summed E-state index contributed by atoms with van der Waals surface area (Å²) in [7, 11) is 0. The molecule has 0 bridgehead atoms. The van der Waals surface area contributed by atoms with Crippen molar-refractivity contribution in [1.82, 2.24) is 0 Å². The maximum atomic E-state index is 6.57. The summed E-state index contributed by atoms with van der Waals surface area (Å²) in [5.74, 6) is 0. The Hall–Kier alpha value is -6.44. The first-order valence-electron chi connectivity index (χ1n) is 17.8. The predicted molar refractivity (Wildman–Crippen MR) is 217 cm³/mol. The Labute approximate surface area is 297 Å². The Balaban J connectivity index is 1.09. The third-order valence-corrected chi connectivity index (χ3v) is 10.6. The van der Waals surface area contributed by atoms with E-state index in [-0.39, 0.29) is 0 Å². The Kier molecular flexibility index (Phi) is 7.03. The molecule has 0 spiro atoms. The fraction of sp³-hybridized carbons (Fsp3) is 0.0400. The molecule has 0 aliphatic heterocycles. The van der Waals surface area contributed by atoms with Crippen molar-refractivity contribution < 1.29 is 4.42 Å². The van der Waals surface area contributed by atoms with Gasteiger partial charge in [0.2, 0.25) is 0 Å². The standard InChI is InChI=1S/C50H34O/c1-3-13-33(14-4-1)34-23-25-35(26-24-34)39-17-7-8-18-40(39)37-27-29-41-46-31-38(28-30-47(46)51-48(41)32-37)50-44-21-11-9-19-42(44)49(36-15-5-2-6-16-36)43-20-10-12-22-45(43)50/h1-3,5-13,15-32H,4,14H2. The summed E-state index contributed by atoms with van der Waals surface area (Å²) < 4.78 is 6.57. The van der Waals surface area contributed by atoms with E-state index >= 15 is 0 Å². The van der Waals surface area contributed by atoms with Crippen LogP contribution >= 0.6 is 0 Å². The predicted octanol–water partition coefficient (Wildman–Crippen LogP) is 14.3. The van der Waals surface area contributed by atoms with Gasteiger partial charge in [0.25, 0.3) is 0 Å². The largest absolute Gasteiger partial charge is 0.456 e. The number of hydrogen-bond donors (Lipinski definition) is 0. The lowest BCUT2D eigenvalue weighted by molar-refractivity contribution is 0.669. The van der Waals surface area contributed by atoms with Crippen LogP contribution in [0.15, 0.2) is 186 Å². The first-order valence-corrected chi connectivity index (χ1v) is 17.8. The van der Waals surface area contributed by atoms with Crippen molar-refractivity contribution in [2.45, 2.75) is 12.8 Å². The molecule has 240 valence electrons. The third-order valence-electron chi connectivity index (χ3n) is 10.6. The van der Waals surface area contributed by atoms with Gasteiger partial charge in [-0.2, -0.15) is 0 Å². The highest BCUT2D eigenvalue weighted by atomic mass is 16.3. The molecule has 1 heteroatoms. The highest BCUT2D eigenvalue weighted by molar-refractivity contribution is 6.22. The lowest BCUT2D eigenvalue weighted by Gasteiger charge is -2.17. The zero-order valence-corrected chi connectivity index (χ0v) is 28.1.